The molecule has 0 radical (unpaired) electrons. The highest BCUT2D eigenvalue weighted by molar-refractivity contribution is 6.01. The molecule has 0 saturated carbocycles. The summed E-state index contributed by atoms with van der Waals surface area (Å²) in [6.45, 7) is 6.21. The average molecular weight is 367 g/mol. The van der Waals surface area contributed by atoms with Crippen molar-refractivity contribution in [2.75, 3.05) is 31.6 Å². The Morgan fingerprint density at radius 2 is 1.89 bits per heavy atom. The van der Waals surface area contributed by atoms with Gasteiger partial charge in [0.25, 0.3) is 0 Å². The fourth-order valence-electron chi connectivity index (χ4n) is 3.70. The van der Waals surface area contributed by atoms with Gasteiger partial charge in [0, 0.05) is 18.8 Å². The van der Waals surface area contributed by atoms with Crippen molar-refractivity contribution in [2.24, 2.45) is 0 Å². The second-order valence-corrected chi connectivity index (χ2v) is 7.13. The molecule has 0 spiro atoms. The molecule has 27 heavy (non-hydrogen) atoms. The third kappa shape index (κ3) is 5.10. The molecule has 0 saturated heterocycles. The molecule has 0 aromatic heterocycles. The second kappa shape index (κ2) is 9.56. The van der Waals surface area contributed by atoms with Crippen molar-refractivity contribution >= 4 is 11.6 Å². The lowest BCUT2D eigenvalue weighted by Gasteiger charge is -2.21. The van der Waals surface area contributed by atoms with E-state index in [1.165, 1.54) is 5.56 Å². The normalized spacial score (nSPS) is 13.3. The molecule has 0 N–H and O–H groups in total. The summed E-state index contributed by atoms with van der Waals surface area (Å²) in [6, 6.07) is 16.6. The standard InChI is InChI=1S/C23H30N2O2/c1-3-24(18-19-10-6-4-7-11-19)14-8-5-9-15-25-22-13-12-21(27-2)16-20(22)17-23(25)26/h4,6-7,10-13,16H,3,5,8-9,14-15,17-18H2,1-2H3. The Morgan fingerprint density at radius 1 is 1.07 bits per heavy atom. The van der Waals surface area contributed by atoms with Crippen LogP contribution in [-0.2, 0) is 17.8 Å². The molecule has 4 nitrogen and oxygen atoms in total. The van der Waals surface area contributed by atoms with E-state index in [-0.39, 0.29) is 5.91 Å². The first kappa shape index (κ1) is 19.4. The van der Waals surface area contributed by atoms with Gasteiger partial charge in [0.1, 0.15) is 5.75 Å². The van der Waals surface area contributed by atoms with Crippen LogP contribution in [0.25, 0.3) is 0 Å². The van der Waals surface area contributed by atoms with Crippen LogP contribution in [0.5, 0.6) is 5.75 Å². The number of anilines is 1. The zero-order valence-electron chi connectivity index (χ0n) is 16.5. The molecule has 2 aromatic carbocycles. The van der Waals surface area contributed by atoms with Gasteiger partial charge in [-0.05, 0) is 55.3 Å². The number of benzene rings is 2. The summed E-state index contributed by atoms with van der Waals surface area (Å²) in [5.41, 5.74) is 3.51. The number of rotatable bonds is 10. The van der Waals surface area contributed by atoms with E-state index in [2.05, 4.69) is 42.2 Å². The number of fused-ring (bicyclic) bond motifs is 1. The van der Waals surface area contributed by atoms with Gasteiger partial charge in [0.05, 0.1) is 13.5 Å². The minimum absolute atomic E-state index is 0.206. The lowest BCUT2D eigenvalue weighted by molar-refractivity contribution is -0.117. The molecule has 144 valence electrons. The van der Waals surface area contributed by atoms with Crippen LogP contribution in [0.15, 0.2) is 48.5 Å². The largest absolute Gasteiger partial charge is 0.497 e. The molecule has 1 aliphatic rings. The number of carbonyl (C=O) groups is 1. The summed E-state index contributed by atoms with van der Waals surface area (Å²) in [6.07, 6.45) is 3.84. The number of amides is 1. The van der Waals surface area contributed by atoms with E-state index in [0.29, 0.717) is 6.42 Å². The third-order valence-corrected chi connectivity index (χ3v) is 5.27. The van der Waals surface area contributed by atoms with Crippen LogP contribution in [0.2, 0.25) is 0 Å². The van der Waals surface area contributed by atoms with Crippen molar-refractivity contribution < 1.29 is 9.53 Å². The number of hydrogen-bond acceptors (Lipinski definition) is 3. The smallest absolute Gasteiger partial charge is 0.231 e. The minimum atomic E-state index is 0.206. The van der Waals surface area contributed by atoms with Crippen LogP contribution in [0.1, 0.15) is 37.3 Å². The molecule has 2 aromatic rings. The number of carbonyl (C=O) groups excluding carboxylic acids is 1. The maximum atomic E-state index is 12.3. The van der Waals surface area contributed by atoms with Crippen LogP contribution in [0.4, 0.5) is 5.69 Å². The number of methoxy groups -OCH3 is 1. The Bertz CT molecular complexity index is 745. The van der Waals surface area contributed by atoms with Crippen molar-refractivity contribution in [2.45, 2.75) is 39.2 Å². The van der Waals surface area contributed by atoms with Crippen LogP contribution >= 0.6 is 0 Å². The van der Waals surface area contributed by atoms with E-state index >= 15 is 0 Å². The van der Waals surface area contributed by atoms with Gasteiger partial charge in [-0.3, -0.25) is 9.69 Å². The SMILES string of the molecule is CCN(CCCCCN1C(=O)Cc2cc(OC)ccc21)Cc1ccccc1. The minimum Gasteiger partial charge on any atom is -0.497 e. The van der Waals surface area contributed by atoms with Crippen LogP contribution in [0, 0.1) is 0 Å². The van der Waals surface area contributed by atoms with Crippen LogP contribution in [0.3, 0.4) is 0 Å². The van der Waals surface area contributed by atoms with E-state index in [4.69, 9.17) is 4.74 Å². The van der Waals surface area contributed by atoms with E-state index in [0.717, 1.165) is 62.4 Å². The first-order valence-electron chi connectivity index (χ1n) is 9.95. The number of nitrogens with zero attached hydrogens (tertiary/aromatic N) is 2. The molecular formula is C23H30N2O2. The van der Waals surface area contributed by atoms with Crippen molar-refractivity contribution in [1.29, 1.82) is 0 Å². The molecule has 1 aliphatic heterocycles. The van der Waals surface area contributed by atoms with E-state index < -0.39 is 0 Å². The maximum absolute atomic E-state index is 12.3. The molecule has 0 atom stereocenters. The Morgan fingerprint density at radius 3 is 2.63 bits per heavy atom. The molecule has 0 aliphatic carbocycles. The molecule has 0 unspecified atom stereocenters. The highest BCUT2D eigenvalue weighted by atomic mass is 16.5. The summed E-state index contributed by atoms with van der Waals surface area (Å²) in [4.78, 5) is 16.8. The number of unbranched alkanes of at least 4 members (excludes halogenated alkanes) is 2. The van der Waals surface area contributed by atoms with Crippen molar-refractivity contribution in [3.05, 3.63) is 59.7 Å². The first-order chi connectivity index (χ1) is 13.2. The van der Waals surface area contributed by atoms with Gasteiger partial charge in [0.15, 0.2) is 0 Å². The summed E-state index contributed by atoms with van der Waals surface area (Å²) >= 11 is 0. The molecule has 4 heteroatoms. The third-order valence-electron chi connectivity index (χ3n) is 5.27. The van der Waals surface area contributed by atoms with E-state index in [9.17, 15) is 4.79 Å². The van der Waals surface area contributed by atoms with E-state index in [1.54, 1.807) is 7.11 Å². The summed E-state index contributed by atoms with van der Waals surface area (Å²) in [7, 11) is 1.66. The van der Waals surface area contributed by atoms with Crippen molar-refractivity contribution in [3.8, 4) is 5.75 Å². The predicted octanol–water partition coefficient (Wildman–Crippen LogP) is 4.28. The topological polar surface area (TPSA) is 32.8 Å². The Labute approximate surface area is 162 Å². The quantitative estimate of drug-likeness (QED) is 0.589. The molecular weight excluding hydrogens is 336 g/mol. The molecule has 0 bridgehead atoms. The van der Waals surface area contributed by atoms with Gasteiger partial charge in [-0.1, -0.05) is 43.7 Å². The fourth-order valence-corrected chi connectivity index (χ4v) is 3.70. The second-order valence-electron chi connectivity index (χ2n) is 7.13. The van der Waals surface area contributed by atoms with Crippen LogP contribution in [-0.4, -0.2) is 37.6 Å². The fraction of sp³-hybridized carbons (Fsp3) is 0.435. The van der Waals surface area contributed by atoms with Gasteiger partial charge in [-0.25, -0.2) is 0 Å². The molecule has 3 rings (SSSR count). The average Bonchev–Trinajstić information content (AvgIpc) is 3.01. The van der Waals surface area contributed by atoms with Gasteiger partial charge in [-0.15, -0.1) is 0 Å². The number of ether oxygens (including phenoxy) is 1. The predicted molar refractivity (Wildman–Crippen MR) is 110 cm³/mol. The first-order valence-corrected chi connectivity index (χ1v) is 9.95. The van der Waals surface area contributed by atoms with Crippen LogP contribution < -0.4 is 9.64 Å². The lowest BCUT2D eigenvalue weighted by Crippen LogP contribution is -2.28. The zero-order chi connectivity index (χ0) is 19.1. The Balaban J connectivity index is 1.42. The van der Waals surface area contributed by atoms with E-state index in [1.807, 2.05) is 23.1 Å². The zero-order valence-corrected chi connectivity index (χ0v) is 16.5. The molecule has 1 heterocycles. The monoisotopic (exact) mass is 366 g/mol. The van der Waals surface area contributed by atoms with Gasteiger partial charge < -0.3 is 9.64 Å². The highest BCUT2D eigenvalue weighted by Gasteiger charge is 2.26. The van der Waals surface area contributed by atoms with Gasteiger partial charge in [0.2, 0.25) is 5.91 Å². The summed E-state index contributed by atoms with van der Waals surface area (Å²) in [5.74, 6) is 1.03. The molecule has 0 fully saturated rings. The summed E-state index contributed by atoms with van der Waals surface area (Å²) < 4.78 is 5.26. The lowest BCUT2D eigenvalue weighted by atomic mass is 10.1. The number of hydrogen-bond donors (Lipinski definition) is 0. The molecule has 1 amide bonds. The van der Waals surface area contributed by atoms with Gasteiger partial charge in [-0.2, -0.15) is 0 Å². The highest BCUT2D eigenvalue weighted by Crippen LogP contribution is 2.32. The maximum Gasteiger partial charge on any atom is 0.231 e. The van der Waals surface area contributed by atoms with Crippen molar-refractivity contribution in [3.63, 3.8) is 0 Å². The summed E-state index contributed by atoms with van der Waals surface area (Å²) in [5, 5.41) is 0. The van der Waals surface area contributed by atoms with Gasteiger partial charge >= 0.3 is 0 Å². The Kier molecular flexibility index (Phi) is 6.88. The van der Waals surface area contributed by atoms with Crippen molar-refractivity contribution in [1.82, 2.24) is 4.90 Å². The Hall–Kier alpha value is -2.33.